The Morgan fingerprint density at radius 1 is 1.36 bits per heavy atom. The summed E-state index contributed by atoms with van der Waals surface area (Å²) in [5, 5.41) is 7.98. The number of benzene rings is 1. The summed E-state index contributed by atoms with van der Waals surface area (Å²) in [5.41, 5.74) is 0.950. The van der Waals surface area contributed by atoms with Gasteiger partial charge < -0.3 is 14.2 Å². The SMILES string of the molecule is O=C(COc1ccccc1F)N1CCC[C@H](Cc2nc(-c3ccsc3)no2)C1. The maximum atomic E-state index is 13.6. The molecule has 1 saturated heterocycles. The molecule has 6 nitrogen and oxygen atoms in total. The van der Waals surface area contributed by atoms with E-state index in [0.717, 1.165) is 18.4 Å². The molecule has 28 heavy (non-hydrogen) atoms. The Morgan fingerprint density at radius 3 is 3.07 bits per heavy atom. The molecule has 1 aliphatic heterocycles. The lowest BCUT2D eigenvalue weighted by Gasteiger charge is -2.32. The van der Waals surface area contributed by atoms with Crippen LogP contribution < -0.4 is 4.74 Å². The van der Waals surface area contributed by atoms with Gasteiger partial charge in [0.05, 0.1) is 0 Å². The lowest BCUT2D eigenvalue weighted by Crippen LogP contribution is -2.42. The van der Waals surface area contributed by atoms with Crippen molar-refractivity contribution in [1.82, 2.24) is 15.0 Å². The van der Waals surface area contributed by atoms with Crippen LogP contribution in [0.4, 0.5) is 4.39 Å². The molecule has 0 N–H and O–H groups in total. The van der Waals surface area contributed by atoms with Crippen LogP contribution >= 0.6 is 11.3 Å². The molecule has 1 fully saturated rings. The maximum absolute atomic E-state index is 13.6. The number of carbonyl (C=O) groups is 1. The van der Waals surface area contributed by atoms with Gasteiger partial charge in [0.15, 0.2) is 18.2 Å². The van der Waals surface area contributed by atoms with E-state index in [1.165, 1.54) is 12.1 Å². The van der Waals surface area contributed by atoms with Crippen molar-refractivity contribution in [1.29, 1.82) is 0 Å². The summed E-state index contributed by atoms with van der Waals surface area (Å²) < 4.78 is 24.3. The quantitative estimate of drug-likeness (QED) is 0.629. The molecule has 8 heteroatoms. The zero-order valence-electron chi connectivity index (χ0n) is 15.2. The van der Waals surface area contributed by atoms with Crippen molar-refractivity contribution in [2.75, 3.05) is 19.7 Å². The number of hydrogen-bond acceptors (Lipinski definition) is 6. The van der Waals surface area contributed by atoms with Gasteiger partial charge in [-0.15, -0.1) is 0 Å². The zero-order valence-corrected chi connectivity index (χ0v) is 16.0. The van der Waals surface area contributed by atoms with Crippen molar-refractivity contribution in [3.05, 3.63) is 52.8 Å². The highest BCUT2D eigenvalue weighted by Crippen LogP contribution is 2.23. The highest BCUT2D eigenvalue weighted by molar-refractivity contribution is 7.08. The third-order valence-electron chi connectivity index (χ3n) is 4.77. The Balaban J connectivity index is 1.31. The van der Waals surface area contributed by atoms with Crippen molar-refractivity contribution in [3.8, 4) is 17.1 Å². The molecule has 0 saturated carbocycles. The number of amides is 1. The molecule has 1 aliphatic rings. The molecule has 2 aromatic heterocycles. The van der Waals surface area contributed by atoms with Crippen LogP contribution in [0, 0.1) is 11.7 Å². The smallest absolute Gasteiger partial charge is 0.260 e. The Kier molecular flexibility index (Phi) is 5.66. The third kappa shape index (κ3) is 4.39. The molecule has 1 amide bonds. The van der Waals surface area contributed by atoms with E-state index in [0.29, 0.717) is 31.2 Å². The molecule has 0 spiro atoms. The lowest BCUT2D eigenvalue weighted by atomic mass is 9.95. The molecule has 0 aliphatic carbocycles. The Labute approximate surface area is 165 Å². The molecule has 1 aromatic carbocycles. The van der Waals surface area contributed by atoms with Crippen LogP contribution in [-0.4, -0.2) is 40.6 Å². The van der Waals surface area contributed by atoms with Crippen molar-refractivity contribution < 1.29 is 18.4 Å². The standard InChI is InChI=1S/C20H20FN3O3S/c21-16-5-1-2-6-17(16)26-12-19(25)24-8-3-4-14(11-24)10-18-22-20(23-27-18)15-7-9-28-13-15/h1-2,5-7,9,13-14H,3-4,8,10-12H2/t14-/m1/s1. The van der Waals surface area contributed by atoms with Gasteiger partial charge >= 0.3 is 0 Å². The minimum atomic E-state index is -0.468. The van der Waals surface area contributed by atoms with Gasteiger partial charge in [-0.2, -0.15) is 16.3 Å². The molecule has 146 valence electrons. The number of thiophene rings is 1. The van der Waals surface area contributed by atoms with Crippen molar-refractivity contribution in [3.63, 3.8) is 0 Å². The number of carbonyl (C=O) groups excluding carboxylic acids is 1. The zero-order chi connectivity index (χ0) is 19.3. The monoisotopic (exact) mass is 401 g/mol. The number of hydrogen-bond donors (Lipinski definition) is 0. The van der Waals surface area contributed by atoms with E-state index in [-0.39, 0.29) is 24.2 Å². The van der Waals surface area contributed by atoms with Crippen LogP contribution in [0.15, 0.2) is 45.6 Å². The van der Waals surface area contributed by atoms with Crippen LogP contribution in [0.25, 0.3) is 11.4 Å². The number of para-hydroxylation sites is 1. The van der Waals surface area contributed by atoms with Gasteiger partial charge in [0.1, 0.15) is 0 Å². The van der Waals surface area contributed by atoms with Crippen LogP contribution in [0.1, 0.15) is 18.7 Å². The summed E-state index contributed by atoms with van der Waals surface area (Å²) in [6.45, 7) is 1.12. The minimum Gasteiger partial charge on any atom is -0.481 e. The molecule has 0 bridgehead atoms. The highest BCUT2D eigenvalue weighted by Gasteiger charge is 2.26. The number of likely N-dealkylation sites (tertiary alicyclic amines) is 1. The average molecular weight is 401 g/mol. The first kappa shape index (κ1) is 18.6. The molecule has 0 unspecified atom stereocenters. The van der Waals surface area contributed by atoms with E-state index in [1.54, 1.807) is 28.4 Å². The van der Waals surface area contributed by atoms with Crippen LogP contribution in [0.5, 0.6) is 5.75 Å². The normalized spacial score (nSPS) is 16.9. The number of aromatic nitrogens is 2. The van der Waals surface area contributed by atoms with Crippen molar-refractivity contribution in [2.24, 2.45) is 5.92 Å². The largest absolute Gasteiger partial charge is 0.481 e. The number of nitrogens with zero attached hydrogens (tertiary/aromatic N) is 3. The fraction of sp³-hybridized carbons (Fsp3) is 0.350. The minimum absolute atomic E-state index is 0.0937. The predicted molar refractivity (Wildman–Crippen MR) is 103 cm³/mol. The number of piperidine rings is 1. The highest BCUT2D eigenvalue weighted by atomic mass is 32.1. The van der Waals surface area contributed by atoms with Crippen molar-refractivity contribution >= 4 is 17.2 Å². The topological polar surface area (TPSA) is 68.5 Å². The first-order valence-electron chi connectivity index (χ1n) is 9.19. The van der Waals surface area contributed by atoms with E-state index in [4.69, 9.17) is 9.26 Å². The van der Waals surface area contributed by atoms with Gasteiger partial charge in [0.2, 0.25) is 11.7 Å². The second-order valence-corrected chi connectivity index (χ2v) is 7.58. The number of halogens is 1. The summed E-state index contributed by atoms with van der Waals surface area (Å²) in [4.78, 5) is 18.7. The Morgan fingerprint density at radius 2 is 2.25 bits per heavy atom. The summed E-state index contributed by atoms with van der Waals surface area (Å²) >= 11 is 1.59. The first-order valence-corrected chi connectivity index (χ1v) is 10.1. The van der Waals surface area contributed by atoms with Crippen LogP contribution in [-0.2, 0) is 11.2 Å². The summed E-state index contributed by atoms with van der Waals surface area (Å²) in [7, 11) is 0. The van der Waals surface area contributed by atoms with Gasteiger partial charge in [-0.3, -0.25) is 4.79 Å². The molecule has 3 heterocycles. The third-order valence-corrected chi connectivity index (χ3v) is 5.45. The van der Waals surface area contributed by atoms with Gasteiger partial charge in [0.25, 0.3) is 5.91 Å². The maximum Gasteiger partial charge on any atom is 0.260 e. The van der Waals surface area contributed by atoms with E-state index in [2.05, 4.69) is 10.1 Å². The van der Waals surface area contributed by atoms with Gasteiger partial charge in [-0.1, -0.05) is 17.3 Å². The number of ether oxygens (including phenoxy) is 1. The lowest BCUT2D eigenvalue weighted by molar-refractivity contribution is -0.135. The molecular weight excluding hydrogens is 381 g/mol. The molecule has 4 rings (SSSR count). The van der Waals surface area contributed by atoms with Gasteiger partial charge in [-0.25, -0.2) is 4.39 Å². The average Bonchev–Trinajstić information content (AvgIpc) is 3.39. The van der Waals surface area contributed by atoms with Crippen LogP contribution in [0.2, 0.25) is 0 Å². The van der Waals surface area contributed by atoms with E-state index in [1.807, 2.05) is 16.8 Å². The first-order chi connectivity index (χ1) is 13.7. The molecular formula is C20H20FN3O3S. The summed E-state index contributed by atoms with van der Waals surface area (Å²) in [6.07, 6.45) is 2.53. The van der Waals surface area contributed by atoms with E-state index >= 15 is 0 Å². The molecule has 0 radical (unpaired) electrons. The van der Waals surface area contributed by atoms with E-state index in [9.17, 15) is 9.18 Å². The van der Waals surface area contributed by atoms with Crippen molar-refractivity contribution in [2.45, 2.75) is 19.3 Å². The number of rotatable bonds is 6. The van der Waals surface area contributed by atoms with Gasteiger partial charge in [-0.05, 0) is 42.3 Å². The van der Waals surface area contributed by atoms with E-state index < -0.39 is 5.82 Å². The second-order valence-electron chi connectivity index (χ2n) is 6.79. The second kappa shape index (κ2) is 8.52. The Bertz CT molecular complexity index is 928. The van der Waals surface area contributed by atoms with Gasteiger partial charge in [0, 0.05) is 30.5 Å². The summed E-state index contributed by atoms with van der Waals surface area (Å²) in [6, 6.07) is 8.04. The Hall–Kier alpha value is -2.74. The molecule has 1 atom stereocenters. The summed E-state index contributed by atoms with van der Waals surface area (Å²) in [5.74, 6) is 0.918. The molecule has 3 aromatic rings. The predicted octanol–water partition coefficient (Wildman–Crippen LogP) is 3.80. The van der Waals surface area contributed by atoms with Crippen LogP contribution in [0.3, 0.4) is 0 Å². The fourth-order valence-corrected chi connectivity index (χ4v) is 3.98. The fourth-order valence-electron chi connectivity index (χ4n) is 3.34.